The molecule has 1 aliphatic rings. The summed E-state index contributed by atoms with van der Waals surface area (Å²) in [5.41, 5.74) is 0. The van der Waals surface area contributed by atoms with Crippen molar-refractivity contribution in [2.24, 2.45) is 0 Å². The zero-order chi connectivity index (χ0) is 18.9. The molecule has 0 aromatic heterocycles. The van der Waals surface area contributed by atoms with Crippen LogP contribution in [-0.4, -0.2) is 89.7 Å². The topological polar surface area (TPSA) is 99.8 Å². The lowest BCUT2D eigenvalue weighted by molar-refractivity contribution is -0.184. The number of halogens is 4. The number of amides is 1. The number of hydrogen-bond donors (Lipinski definition) is 3. The summed E-state index contributed by atoms with van der Waals surface area (Å²) in [7, 11) is -3.71. The fraction of sp³-hybridized carbons (Fsp3) is 0.923. The molecule has 0 aliphatic carbocycles. The van der Waals surface area contributed by atoms with Crippen LogP contribution in [0.25, 0.3) is 0 Å². The van der Waals surface area contributed by atoms with Crippen LogP contribution >= 0.6 is 12.4 Å². The van der Waals surface area contributed by atoms with Gasteiger partial charge < -0.3 is 15.4 Å². The highest BCUT2D eigenvalue weighted by molar-refractivity contribution is 7.89. The number of hydrogen-bond acceptors (Lipinski definition) is 6. The highest BCUT2D eigenvalue weighted by Gasteiger charge is 2.43. The number of carbonyl (C=O) groups is 1. The molecule has 1 unspecified atom stereocenters. The van der Waals surface area contributed by atoms with E-state index in [2.05, 4.69) is 10.6 Å². The fourth-order valence-corrected chi connectivity index (χ4v) is 3.11. The quantitative estimate of drug-likeness (QED) is 0.400. The first-order valence-corrected chi connectivity index (χ1v) is 9.64. The van der Waals surface area contributed by atoms with Crippen molar-refractivity contribution in [2.45, 2.75) is 19.1 Å². The van der Waals surface area contributed by atoms with Crippen LogP contribution in [0.5, 0.6) is 0 Å². The third kappa shape index (κ3) is 9.88. The van der Waals surface area contributed by atoms with Crippen LogP contribution in [0, 0.1) is 0 Å². The summed E-state index contributed by atoms with van der Waals surface area (Å²) in [4.78, 5) is 12.9. The van der Waals surface area contributed by atoms with Gasteiger partial charge in [-0.05, 0) is 6.92 Å². The van der Waals surface area contributed by atoms with E-state index in [9.17, 15) is 26.4 Å². The number of ether oxygens (including phenoxy) is 1. The number of alkyl halides is 3. The van der Waals surface area contributed by atoms with Crippen molar-refractivity contribution in [3.8, 4) is 0 Å². The Morgan fingerprint density at radius 2 is 1.92 bits per heavy atom. The molecule has 0 radical (unpaired) electrons. The van der Waals surface area contributed by atoms with E-state index in [-0.39, 0.29) is 37.9 Å². The molecule has 1 fully saturated rings. The van der Waals surface area contributed by atoms with Gasteiger partial charge in [-0.3, -0.25) is 9.69 Å². The van der Waals surface area contributed by atoms with E-state index >= 15 is 0 Å². The summed E-state index contributed by atoms with van der Waals surface area (Å²) in [5.74, 6) is -1.13. The lowest BCUT2D eigenvalue weighted by atomic mass is 10.2. The molecule has 0 bridgehead atoms. The molecule has 8 nitrogen and oxygen atoms in total. The van der Waals surface area contributed by atoms with Gasteiger partial charge in [0.15, 0.2) is 0 Å². The third-order valence-corrected chi connectivity index (χ3v) is 4.90. The van der Waals surface area contributed by atoms with Crippen molar-refractivity contribution in [3.05, 3.63) is 0 Å². The maximum Gasteiger partial charge on any atom is 0.405 e. The molecule has 3 N–H and O–H groups in total. The summed E-state index contributed by atoms with van der Waals surface area (Å²) < 4.78 is 69.6. The predicted molar refractivity (Wildman–Crippen MR) is 92.8 cm³/mol. The summed E-state index contributed by atoms with van der Waals surface area (Å²) >= 11 is 0. The van der Waals surface area contributed by atoms with Gasteiger partial charge in [-0.15, -0.1) is 12.4 Å². The largest absolute Gasteiger partial charge is 0.405 e. The average molecular weight is 427 g/mol. The first-order chi connectivity index (χ1) is 11.7. The average Bonchev–Trinajstić information content (AvgIpc) is 2.53. The van der Waals surface area contributed by atoms with Gasteiger partial charge in [-0.25, -0.2) is 13.1 Å². The second-order valence-electron chi connectivity index (χ2n) is 5.48. The number of piperazine rings is 1. The Bertz CT molecular complexity index is 516. The Morgan fingerprint density at radius 3 is 2.46 bits per heavy atom. The number of rotatable bonds is 10. The summed E-state index contributed by atoms with van der Waals surface area (Å²) in [6.07, 6.45) is -4.48. The lowest BCUT2D eigenvalue weighted by Crippen LogP contribution is -2.58. The SMILES string of the molecule is CCOCCS(=O)(=O)NCC(=O)NCC(N1CCNCC1)C(F)(F)F.Cl. The molecule has 0 aromatic rings. The minimum absolute atomic E-state index is 0. The Kier molecular flexibility index (Phi) is 11.6. The van der Waals surface area contributed by atoms with Gasteiger partial charge in [0.05, 0.1) is 18.9 Å². The molecule has 1 atom stereocenters. The van der Waals surface area contributed by atoms with Gasteiger partial charge in [0.2, 0.25) is 15.9 Å². The highest BCUT2D eigenvalue weighted by atomic mass is 35.5. The molecule has 156 valence electrons. The van der Waals surface area contributed by atoms with Crippen LogP contribution in [-0.2, 0) is 19.6 Å². The number of nitrogens with one attached hydrogen (secondary N) is 3. The Labute approximate surface area is 157 Å². The minimum Gasteiger partial charge on any atom is -0.381 e. The molecule has 13 heteroatoms. The molecule has 26 heavy (non-hydrogen) atoms. The van der Waals surface area contributed by atoms with Crippen LogP contribution in [0.1, 0.15) is 6.92 Å². The summed E-state index contributed by atoms with van der Waals surface area (Å²) in [6.45, 7) is 2.16. The fourth-order valence-electron chi connectivity index (χ4n) is 2.28. The van der Waals surface area contributed by atoms with E-state index in [1.165, 1.54) is 4.90 Å². The molecule has 1 amide bonds. The van der Waals surface area contributed by atoms with Gasteiger partial charge in [-0.1, -0.05) is 0 Å². The highest BCUT2D eigenvalue weighted by Crippen LogP contribution is 2.24. The van der Waals surface area contributed by atoms with E-state index in [0.29, 0.717) is 19.7 Å². The second-order valence-corrected chi connectivity index (χ2v) is 7.41. The molecule has 1 heterocycles. The van der Waals surface area contributed by atoms with E-state index in [4.69, 9.17) is 4.74 Å². The van der Waals surface area contributed by atoms with Gasteiger partial charge >= 0.3 is 6.18 Å². The number of sulfonamides is 1. The van der Waals surface area contributed by atoms with Gasteiger partial charge in [0, 0.05) is 39.3 Å². The molecule has 0 aromatic carbocycles. The van der Waals surface area contributed by atoms with Crippen molar-refractivity contribution in [1.29, 1.82) is 0 Å². The molecular weight excluding hydrogens is 401 g/mol. The lowest BCUT2D eigenvalue weighted by Gasteiger charge is -2.35. The first kappa shape index (κ1) is 25.3. The molecule has 0 spiro atoms. The van der Waals surface area contributed by atoms with E-state index in [1.807, 2.05) is 4.72 Å². The second kappa shape index (κ2) is 11.9. The maximum atomic E-state index is 13.2. The molecular formula is C13H26ClF3N4O4S. The van der Waals surface area contributed by atoms with Crippen molar-refractivity contribution in [2.75, 3.05) is 58.2 Å². The van der Waals surface area contributed by atoms with Crippen LogP contribution in [0.4, 0.5) is 13.2 Å². The Balaban J connectivity index is 0.00000625. The predicted octanol–water partition coefficient (Wildman–Crippen LogP) is -0.684. The minimum atomic E-state index is -4.48. The molecule has 0 saturated carbocycles. The van der Waals surface area contributed by atoms with Crippen molar-refractivity contribution >= 4 is 28.3 Å². The van der Waals surface area contributed by atoms with Crippen molar-refractivity contribution in [1.82, 2.24) is 20.3 Å². The smallest absolute Gasteiger partial charge is 0.381 e. The maximum absolute atomic E-state index is 13.2. The zero-order valence-corrected chi connectivity index (χ0v) is 16.1. The van der Waals surface area contributed by atoms with E-state index < -0.39 is 41.2 Å². The van der Waals surface area contributed by atoms with E-state index in [1.54, 1.807) is 6.92 Å². The molecule has 1 aliphatic heterocycles. The summed E-state index contributed by atoms with van der Waals surface area (Å²) in [5, 5.41) is 5.11. The van der Waals surface area contributed by atoms with Gasteiger partial charge in [-0.2, -0.15) is 13.2 Å². The van der Waals surface area contributed by atoms with Crippen LogP contribution in [0.15, 0.2) is 0 Å². The van der Waals surface area contributed by atoms with Crippen LogP contribution in [0.3, 0.4) is 0 Å². The Morgan fingerprint density at radius 1 is 1.31 bits per heavy atom. The van der Waals surface area contributed by atoms with Crippen molar-refractivity contribution in [3.63, 3.8) is 0 Å². The number of nitrogens with zero attached hydrogens (tertiary/aromatic N) is 1. The Hall–Kier alpha value is -0.660. The first-order valence-electron chi connectivity index (χ1n) is 7.99. The molecule has 1 saturated heterocycles. The zero-order valence-electron chi connectivity index (χ0n) is 14.5. The van der Waals surface area contributed by atoms with Crippen molar-refractivity contribution < 1.29 is 31.1 Å². The van der Waals surface area contributed by atoms with Gasteiger partial charge in [0.25, 0.3) is 0 Å². The van der Waals surface area contributed by atoms with Crippen LogP contribution < -0.4 is 15.4 Å². The van der Waals surface area contributed by atoms with Gasteiger partial charge in [0.1, 0.15) is 6.04 Å². The molecule has 1 rings (SSSR count). The standard InChI is InChI=1S/C13H25F3N4O4S.ClH/c1-2-24-7-8-25(22,23)19-10-12(21)18-9-11(13(14,15)16)20-5-3-17-4-6-20;/h11,17,19H,2-10H2,1H3,(H,18,21);1H. The van der Waals surface area contributed by atoms with E-state index in [0.717, 1.165) is 0 Å². The van der Waals surface area contributed by atoms with Crippen LogP contribution in [0.2, 0.25) is 0 Å². The third-order valence-electron chi connectivity index (χ3n) is 3.62. The monoisotopic (exact) mass is 426 g/mol. The summed E-state index contributed by atoms with van der Waals surface area (Å²) in [6, 6.07) is -1.80. The normalized spacial score (nSPS) is 17.4. The number of carbonyl (C=O) groups excluding carboxylic acids is 1.